The molecule has 0 radical (unpaired) electrons. The van der Waals surface area contributed by atoms with Gasteiger partial charge >= 0.3 is 0 Å². The van der Waals surface area contributed by atoms with Gasteiger partial charge in [-0.2, -0.15) is 0 Å². The molecule has 0 aliphatic rings. The molecule has 2 amide bonds. The molecule has 0 aliphatic carbocycles. The molecular formula is C20H24N2O2. The molecule has 2 aromatic rings. The van der Waals surface area contributed by atoms with E-state index in [1.54, 1.807) is 24.3 Å². The van der Waals surface area contributed by atoms with E-state index in [-0.39, 0.29) is 11.8 Å². The van der Waals surface area contributed by atoms with Crippen LogP contribution < -0.4 is 10.6 Å². The van der Waals surface area contributed by atoms with E-state index in [0.29, 0.717) is 24.2 Å². The predicted octanol–water partition coefficient (Wildman–Crippen LogP) is 3.54. The normalized spacial score (nSPS) is 10.2. The lowest BCUT2D eigenvalue weighted by Gasteiger charge is -2.11. The minimum absolute atomic E-state index is 0.198. The highest BCUT2D eigenvalue weighted by atomic mass is 16.2. The molecule has 4 heteroatoms. The monoisotopic (exact) mass is 324 g/mol. The lowest BCUT2D eigenvalue weighted by atomic mass is 10.1. The van der Waals surface area contributed by atoms with E-state index in [1.165, 1.54) is 0 Å². The van der Waals surface area contributed by atoms with Gasteiger partial charge in [0.25, 0.3) is 11.8 Å². The van der Waals surface area contributed by atoms with Crippen LogP contribution in [0.15, 0.2) is 54.6 Å². The Morgan fingerprint density at radius 1 is 0.792 bits per heavy atom. The molecule has 0 saturated heterocycles. The number of rotatable bonds is 8. The van der Waals surface area contributed by atoms with Gasteiger partial charge in [0.1, 0.15) is 0 Å². The van der Waals surface area contributed by atoms with Gasteiger partial charge in [-0.25, -0.2) is 0 Å². The van der Waals surface area contributed by atoms with Crippen LogP contribution in [-0.2, 0) is 6.54 Å². The van der Waals surface area contributed by atoms with Gasteiger partial charge in [0.15, 0.2) is 0 Å². The van der Waals surface area contributed by atoms with Gasteiger partial charge < -0.3 is 10.6 Å². The third-order valence-electron chi connectivity index (χ3n) is 3.78. The van der Waals surface area contributed by atoms with Gasteiger partial charge in [-0.15, -0.1) is 0 Å². The first kappa shape index (κ1) is 17.7. The van der Waals surface area contributed by atoms with Crippen molar-refractivity contribution in [3.8, 4) is 0 Å². The summed E-state index contributed by atoms with van der Waals surface area (Å²) in [6, 6.07) is 16.6. The standard InChI is InChI=1S/C20H24N2O2/c1-2-3-9-14-21-19(23)17-12-7-8-13-18(17)20(24)22-15-16-10-5-4-6-11-16/h4-8,10-13H,2-3,9,14-15H2,1H3,(H,21,23)(H,22,24). The van der Waals surface area contributed by atoms with Crippen molar-refractivity contribution in [2.24, 2.45) is 0 Å². The van der Waals surface area contributed by atoms with E-state index in [4.69, 9.17) is 0 Å². The molecule has 24 heavy (non-hydrogen) atoms. The molecule has 0 atom stereocenters. The van der Waals surface area contributed by atoms with Crippen LogP contribution >= 0.6 is 0 Å². The first-order chi connectivity index (χ1) is 11.7. The van der Waals surface area contributed by atoms with Crippen molar-refractivity contribution in [3.63, 3.8) is 0 Å². The van der Waals surface area contributed by atoms with Gasteiger partial charge in [0, 0.05) is 13.1 Å². The zero-order valence-corrected chi connectivity index (χ0v) is 14.0. The van der Waals surface area contributed by atoms with Gasteiger partial charge in [-0.1, -0.05) is 62.2 Å². The van der Waals surface area contributed by atoms with E-state index in [1.807, 2.05) is 30.3 Å². The number of amides is 2. The van der Waals surface area contributed by atoms with Gasteiger partial charge in [-0.05, 0) is 24.1 Å². The second kappa shape index (κ2) is 9.50. The van der Waals surface area contributed by atoms with E-state index < -0.39 is 0 Å². The summed E-state index contributed by atoms with van der Waals surface area (Å²) >= 11 is 0. The molecule has 0 unspecified atom stereocenters. The van der Waals surface area contributed by atoms with Gasteiger partial charge in [0.2, 0.25) is 0 Å². The summed E-state index contributed by atoms with van der Waals surface area (Å²) in [7, 11) is 0. The lowest BCUT2D eigenvalue weighted by molar-refractivity contribution is 0.0917. The molecule has 4 nitrogen and oxygen atoms in total. The van der Waals surface area contributed by atoms with Gasteiger partial charge in [-0.3, -0.25) is 9.59 Å². The highest BCUT2D eigenvalue weighted by molar-refractivity contribution is 6.07. The van der Waals surface area contributed by atoms with Crippen molar-refractivity contribution in [1.82, 2.24) is 10.6 Å². The summed E-state index contributed by atoms with van der Waals surface area (Å²) in [4.78, 5) is 24.7. The smallest absolute Gasteiger partial charge is 0.252 e. The molecule has 0 saturated carbocycles. The predicted molar refractivity (Wildman–Crippen MR) is 95.9 cm³/mol. The third kappa shape index (κ3) is 5.23. The molecule has 0 fully saturated rings. The summed E-state index contributed by atoms with van der Waals surface area (Å²) < 4.78 is 0. The largest absolute Gasteiger partial charge is 0.352 e. The molecule has 2 aromatic carbocycles. The Labute approximate surface area is 143 Å². The zero-order chi connectivity index (χ0) is 17.2. The van der Waals surface area contributed by atoms with Crippen LogP contribution in [0.2, 0.25) is 0 Å². The summed E-state index contributed by atoms with van der Waals surface area (Å²) in [6.07, 6.45) is 3.14. The van der Waals surface area contributed by atoms with Crippen molar-refractivity contribution in [2.75, 3.05) is 6.54 Å². The number of carbonyl (C=O) groups excluding carboxylic acids is 2. The maximum Gasteiger partial charge on any atom is 0.252 e. The van der Waals surface area contributed by atoms with Crippen LogP contribution in [0.4, 0.5) is 0 Å². The van der Waals surface area contributed by atoms with E-state index in [0.717, 1.165) is 24.8 Å². The Hall–Kier alpha value is -2.62. The van der Waals surface area contributed by atoms with E-state index in [2.05, 4.69) is 17.6 Å². The van der Waals surface area contributed by atoms with Crippen LogP contribution in [0.25, 0.3) is 0 Å². The highest BCUT2D eigenvalue weighted by Crippen LogP contribution is 2.09. The first-order valence-corrected chi connectivity index (χ1v) is 8.41. The molecule has 0 aliphatic heterocycles. The number of nitrogens with one attached hydrogen (secondary N) is 2. The van der Waals surface area contributed by atoms with Crippen LogP contribution in [0.1, 0.15) is 52.5 Å². The summed E-state index contributed by atoms with van der Waals surface area (Å²) in [5, 5.41) is 5.75. The Morgan fingerprint density at radius 3 is 2.00 bits per heavy atom. The van der Waals surface area contributed by atoms with Crippen LogP contribution in [0, 0.1) is 0 Å². The number of benzene rings is 2. The van der Waals surface area contributed by atoms with Crippen molar-refractivity contribution < 1.29 is 9.59 Å². The van der Waals surface area contributed by atoms with Crippen molar-refractivity contribution in [3.05, 3.63) is 71.3 Å². The lowest BCUT2D eigenvalue weighted by Crippen LogP contribution is -2.29. The zero-order valence-electron chi connectivity index (χ0n) is 14.0. The number of hydrogen-bond acceptors (Lipinski definition) is 2. The fourth-order valence-corrected chi connectivity index (χ4v) is 2.42. The summed E-state index contributed by atoms with van der Waals surface area (Å²) in [6.45, 7) is 3.19. The second-order valence-corrected chi connectivity index (χ2v) is 5.68. The van der Waals surface area contributed by atoms with E-state index >= 15 is 0 Å². The van der Waals surface area contributed by atoms with Crippen molar-refractivity contribution >= 4 is 11.8 Å². The van der Waals surface area contributed by atoms with Crippen LogP contribution in [-0.4, -0.2) is 18.4 Å². The molecule has 0 heterocycles. The minimum atomic E-state index is -0.238. The van der Waals surface area contributed by atoms with E-state index in [9.17, 15) is 9.59 Å². The second-order valence-electron chi connectivity index (χ2n) is 5.68. The molecule has 0 spiro atoms. The molecule has 126 valence electrons. The Morgan fingerprint density at radius 2 is 1.38 bits per heavy atom. The molecular weight excluding hydrogens is 300 g/mol. The van der Waals surface area contributed by atoms with Gasteiger partial charge in [0.05, 0.1) is 11.1 Å². The molecule has 2 N–H and O–H groups in total. The van der Waals surface area contributed by atoms with Crippen LogP contribution in [0.5, 0.6) is 0 Å². The average molecular weight is 324 g/mol. The Kier molecular flexibility index (Phi) is 7.02. The minimum Gasteiger partial charge on any atom is -0.352 e. The average Bonchev–Trinajstić information content (AvgIpc) is 2.64. The molecule has 0 bridgehead atoms. The Balaban J connectivity index is 1.99. The SMILES string of the molecule is CCCCCNC(=O)c1ccccc1C(=O)NCc1ccccc1. The maximum atomic E-state index is 12.4. The highest BCUT2D eigenvalue weighted by Gasteiger charge is 2.15. The fourth-order valence-electron chi connectivity index (χ4n) is 2.42. The fraction of sp³-hybridized carbons (Fsp3) is 0.300. The Bertz CT molecular complexity index is 668. The topological polar surface area (TPSA) is 58.2 Å². The number of hydrogen-bond donors (Lipinski definition) is 2. The quantitative estimate of drug-likeness (QED) is 0.730. The maximum absolute atomic E-state index is 12.4. The number of unbranched alkanes of at least 4 members (excludes halogenated alkanes) is 2. The summed E-state index contributed by atoms with van der Waals surface area (Å²) in [5.74, 6) is -0.435. The van der Waals surface area contributed by atoms with Crippen LogP contribution in [0.3, 0.4) is 0 Å². The molecule has 0 aromatic heterocycles. The molecule has 2 rings (SSSR count). The van der Waals surface area contributed by atoms with Crippen molar-refractivity contribution in [2.45, 2.75) is 32.7 Å². The third-order valence-corrected chi connectivity index (χ3v) is 3.78. The van der Waals surface area contributed by atoms with Crippen molar-refractivity contribution in [1.29, 1.82) is 0 Å². The first-order valence-electron chi connectivity index (χ1n) is 8.41. The number of carbonyl (C=O) groups is 2. The summed E-state index contributed by atoms with van der Waals surface area (Å²) in [5.41, 5.74) is 1.84.